The zero-order valence-corrected chi connectivity index (χ0v) is 14.8. The van der Waals surface area contributed by atoms with Crippen LogP contribution in [0.25, 0.3) is 22.4 Å². The van der Waals surface area contributed by atoms with Gasteiger partial charge in [0.2, 0.25) is 5.91 Å². The largest absolute Gasteiger partial charge is 0.338 e. The normalized spacial score (nSPS) is 10.8. The Balaban J connectivity index is 1.53. The average Bonchev–Trinajstić information content (AvgIpc) is 3.12. The van der Waals surface area contributed by atoms with Crippen molar-refractivity contribution in [3.8, 4) is 11.4 Å². The molecule has 0 aliphatic carbocycles. The summed E-state index contributed by atoms with van der Waals surface area (Å²) in [6.45, 7) is 0. The maximum absolute atomic E-state index is 12.4. The number of carbonyl (C=O) groups excluding carboxylic acids is 1. The van der Waals surface area contributed by atoms with Crippen LogP contribution in [0, 0.1) is 0 Å². The Morgan fingerprint density at radius 1 is 0.923 bits per heavy atom. The van der Waals surface area contributed by atoms with Gasteiger partial charge in [-0.2, -0.15) is 0 Å². The van der Waals surface area contributed by atoms with Crippen molar-refractivity contribution in [1.82, 2.24) is 9.97 Å². The molecule has 3 aromatic carbocycles. The molecule has 0 fully saturated rings. The van der Waals surface area contributed by atoms with Gasteiger partial charge in [0.05, 0.1) is 22.5 Å². The summed E-state index contributed by atoms with van der Waals surface area (Å²) in [5.74, 6) is 1.07. The summed E-state index contributed by atoms with van der Waals surface area (Å²) in [6, 6.07) is 25.5. The van der Waals surface area contributed by atoms with E-state index in [9.17, 15) is 4.79 Å². The number of thioether (sulfide) groups is 1. The van der Waals surface area contributed by atoms with E-state index in [-0.39, 0.29) is 5.91 Å². The van der Waals surface area contributed by atoms with Crippen molar-refractivity contribution in [2.45, 2.75) is 4.90 Å². The number of nitrogens with one attached hydrogen (secondary N) is 2. The van der Waals surface area contributed by atoms with Crippen LogP contribution in [-0.2, 0) is 4.79 Å². The molecule has 1 heterocycles. The predicted octanol–water partition coefficient (Wildman–Crippen LogP) is 4.96. The average molecular weight is 359 g/mol. The van der Waals surface area contributed by atoms with Crippen molar-refractivity contribution >= 4 is 34.4 Å². The maximum Gasteiger partial charge on any atom is 0.234 e. The van der Waals surface area contributed by atoms with Crippen molar-refractivity contribution in [2.24, 2.45) is 0 Å². The second-order valence-electron chi connectivity index (χ2n) is 5.80. The molecule has 4 rings (SSSR count). The van der Waals surface area contributed by atoms with Crippen LogP contribution in [-0.4, -0.2) is 21.6 Å². The third kappa shape index (κ3) is 3.63. The highest BCUT2D eigenvalue weighted by Crippen LogP contribution is 2.28. The minimum Gasteiger partial charge on any atom is -0.338 e. The van der Waals surface area contributed by atoms with Gasteiger partial charge in [-0.3, -0.25) is 4.79 Å². The third-order valence-electron chi connectivity index (χ3n) is 3.96. The van der Waals surface area contributed by atoms with Crippen LogP contribution in [0.2, 0.25) is 0 Å². The summed E-state index contributed by atoms with van der Waals surface area (Å²) in [6.07, 6.45) is 0. The second kappa shape index (κ2) is 7.45. The first-order valence-electron chi connectivity index (χ1n) is 8.31. The molecule has 1 amide bonds. The molecule has 4 aromatic rings. The highest BCUT2D eigenvalue weighted by atomic mass is 32.2. The molecule has 26 heavy (non-hydrogen) atoms. The summed E-state index contributed by atoms with van der Waals surface area (Å²) in [4.78, 5) is 21.4. The Bertz CT molecular complexity index is 1010. The first-order chi connectivity index (χ1) is 12.8. The Morgan fingerprint density at radius 3 is 2.50 bits per heavy atom. The molecule has 0 spiro atoms. The fourth-order valence-electron chi connectivity index (χ4n) is 2.73. The van der Waals surface area contributed by atoms with Gasteiger partial charge in [-0.1, -0.05) is 42.5 Å². The van der Waals surface area contributed by atoms with Gasteiger partial charge < -0.3 is 10.3 Å². The number of amides is 1. The summed E-state index contributed by atoms with van der Waals surface area (Å²) in [7, 11) is 0. The van der Waals surface area contributed by atoms with Crippen LogP contribution in [0.5, 0.6) is 0 Å². The van der Waals surface area contributed by atoms with Crippen molar-refractivity contribution < 1.29 is 4.79 Å². The van der Waals surface area contributed by atoms with Crippen LogP contribution in [0.3, 0.4) is 0 Å². The number of carbonyl (C=O) groups is 1. The number of benzene rings is 3. The quantitative estimate of drug-likeness (QED) is 0.495. The molecule has 2 N–H and O–H groups in total. The summed E-state index contributed by atoms with van der Waals surface area (Å²) in [5, 5.41) is 3.00. The third-order valence-corrected chi connectivity index (χ3v) is 4.97. The van der Waals surface area contributed by atoms with Gasteiger partial charge in [-0.15, -0.1) is 11.8 Å². The van der Waals surface area contributed by atoms with Crippen LogP contribution in [0.4, 0.5) is 5.69 Å². The van der Waals surface area contributed by atoms with Crippen molar-refractivity contribution in [1.29, 1.82) is 0 Å². The second-order valence-corrected chi connectivity index (χ2v) is 6.85. The first-order valence-corrected chi connectivity index (χ1v) is 9.30. The van der Waals surface area contributed by atoms with E-state index in [2.05, 4.69) is 15.3 Å². The molecule has 5 heteroatoms. The fourth-order valence-corrected chi connectivity index (χ4v) is 3.45. The molecule has 0 saturated heterocycles. The molecule has 128 valence electrons. The van der Waals surface area contributed by atoms with Crippen LogP contribution < -0.4 is 5.32 Å². The maximum atomic E-state index is 12.4. The van der Waals surface area contributed by atoms with Gasteiger partial charge in [-0.05, 0) is 36.4 Å². The van der Waals surface area contributed by atoms with Crippen LogP contribution in [0.1, 0.15) is 0 Å². The van der Waals surface area contributed by atoms with E-state index in [1.807, 2.05) is 78.9 Å². The smallest absolute Gasteiger partial charge is 0.234 e. The SMILES string of the molecule is O=C(CSc1ccccc1)Nc1ccccc1-c1nc2ccccc2[nH]1. The summed E-state index contributed by atoms with van der Waals surface area (Å²) >= 11 is 1.52. The van der Waals surface area contributed by atoms with E-state index in [0.717, 1.165) is 33.0 Å². The molecule has 4 nitrogen and oxygen atoms in total. The van der Waals surface area contributed by atoms with E-state index in [0.29, 0.717) is 5.75 Å². The lowest BCUT2D eigenvalue weighted by atomic mass is 10.1. The number of rotatable bonds is 5. The number of para-hydroxylation sites is 3. The number of fused-ring (bicyclic) bond motifs is 1. The Labute approximate surface area is 155 Å². The number of hydrogen-bond acceptors (Lipinski definition) is 3. The molecule has 0 atom stereocenters. The standard InChI is InChI=1S/C21H17N3OS/c25-20(14-26-15-8-2-1-3-9-15)22-17-11-5-4-10-16(17)21-23-18-12-6-7-13-19(18)24-21/h1-13H,14H2,(H,22,25)(H,23,24). The molecule has 1 aromatic heterocycles. The van der Waals surface area contributed by atoms with Gasteiger partial charge in [0.25, 0.3) is 0 Å². The minimum absolute atomic E-state index is 0.0394. The molecule has 0 saturated carbocycles. The van der Waals surface area contributed by atoms with E-state index in [1.165, 1.54) is 11.8 Å². The molecular formula is C21H17N3OS. The molecule has 0 bridgehead atoms. The highest BCUT2D eigenvalue weighted by molar-refractivity contribution is 8.00. The van der Waals surface area contributed by atoms with Crippen molar-refractivity contribution in [3.63, 3.8) is 0 Å². The lowest BCUT2D eigenvalue weighted by Crippen LogP contribution is -2.14. The highest BCUT2D eigenvalue weighted by Gasteiger charge is 2.12. The molecule has 0 aliphatic heterocycles. The van der Waals surface area contributed by atoms with Crippen molar-refractivity contribution in [2.75, 3.05) is 11.1 Å². The van der Waals surface area contributed by atoms with Gasteiger partial charge >= 0.3 is 0 Å². The fraction of sp³-hybridized carbons (Fsp3) is 0.0476. The first kappa shape index (κ1) is 16.4. The van der Waals surface area contributed by atoms with Gasteiger partial charge in [0.1, 0.15) is 5.82 Å². The van der Waals surface area contributed by atoms with Crippen molar-refractivity contribution in [3.05, 3.63) is 78.9 Å². The lowest BCUT2D eigenvalue weighted by Gasteiger charge is -2.09. The Hall–Kier alpha value is -3.05. The zero-order chi connectivity index (χ0) is 17.8. The number of nitrogens with zero attached hydrogens (tertiary/aromatic N) is 1. The van der Waals surface area contributed by atoms with Crippen LogP contribution in [0.15, 0.2) is 83.8 Å². The number of anilines is 1. The monoisotopic (exact) mass is 359 g/mol. The number of aromatic amines is 1. The van der Waals surface area contributed by atoms with Gasteiger partial charge in [0, 0.05) is 10.5 Å². The van der Waals surface area contributed by atoms with Gasteiger partial charge in [-0.25, -0.2) is 4.98 Å². The molecule has 0 aliphatic rings. The summed E-state index contributed by atoms with van der Waals surface area (Å²) in [5.41, 5.74) is 3.51. The number of H-pyrrole nitrogens is 1. The van der Waals surface area contributed by atoms with Gasteiger partial charge in [0.15, 0.2) is 0 Å². The lowest BCUT2D eigenvalue weighted by molar-refractivity contribution is -0.113. The topological polar surface area (TPSA) is 57.8 Å². The number of aromatic nitrogens is 2. The minimum atomic E-state index is -0.0394. The Kier molecular flexibility index (Phi) is 4.71. The predicted molar refractivity (Wildman–Crippen MR) is 107 cm³/mol. The number of hydrogen-bond donors (Lipinski definition) is 2. The Morgan fingerprint density at radius 2 is 1.65 bits per heavy atom. The summed E-state index contributed by atoms with van der Waals surface area (Å²) < 4.78 is 0. The molecule has 0 unspecified atom stereocenters. The van der Waals surface area contributed by atoms with E-state index in [4.69, 9.17) is 0 Å². The van der Waals surface area contributed by atoms with E-state index >= 15 is 0 Å². The molecular weight excluding hydrogens is 342 g/mol. The number of imidazole rings is 1. The van der Waals surface area contributed by atoms with Crippen LogP contribution >= 0.6 is 11.8 Å². The zero-order valence-electron chi connectivity index (χ0n) is 14.0. The molecule has 0 radical (unpaired) electrons. The van der Waals surface area contributed by atoms with E-state index in [1.54, 1.807) is 0 Å². The van der Waals surface area contributed by atoms with E-state index < -0.39 is 0 Å².